The number of hydrogen-bond acceptors (Lipinski definition) is 5. The first-order valence-electron chi connectivity index (χ1n) is 8.55. The molecule has 26 heavy (non-hydrogen) atoms. The summed E-state index contributed by atoms with van der Waals surface area (Å²) in [7, 11) is 0. The molecule has 3 aromatic rings. The topological polar surface area (TPSA) is 76.0 Å². The molecule has 0 aliphatic carbocycles. The number of halogens is 1. The van der Waals surface area contributed by atoms with Crippen molar-refractivity contribution in [2.75, 3.05) is 24.7 Å². The Morgan fingerprint density at radius 1 is 1.31 bits per heavy atom. The van der Waals surface area contributed by atoms with Crippen molar-refractivity contribution in [2.45, 2.75) is 26.8 Å². The predicted molar refractivity (Wildman–Crippen MR) is 104 cm³/mol. The highest BCUT2D eigenvalue weighted by atomic mass is 79.9. The average molecular weight is 418 g/mol. The van der Waals surface area contributed by atoms with Gasteiger partial charge in [-0.05, 0) is 44.0 Å². The Morgan fingerprint density at radius 2 is 2.04 bits per heavy atom. The predicted octanol–water partition coefficient (Wildman–Crippen LogP) is 2.71. The number of ether oxygens (including phenoxy) is 1. The summed E-state index contributed by atoms with van der Waals surface area (Å²) in [6.07, 6.45) is 1.75. The van der Waals surface area contributed by atoms with Crippen LogP contribution in [0.1, 0.15) is 18.1 Å². The van der Waals surface area contributed by atoms with Crippen LogP contribution in [0.4, 0.5) is 5.95 Å². The number of aromatic amines is 1. The van der Waals surface area contributed by atoms with Gasteiger partial charge in [0.1, 0.15) is 5.39 Å². The number of rotatable bonds is 2. The third kappa shape index (κ3) is 2.93. The molecule has 8 heteroatoms. The van der Waals surface area contributed by atoms with Crippen LogP contribution >= 0.6 is 15.9 Å². The second-order valence-corrected chi connectivity index (χ2v) is 7.62. The van der Waals surface area contributed by atoms with Gasteiger partial charge >= 0.3 is 0 Å². The first kappa shape index (κ1) is 17.2. The van der Waals surface area contributed by atoms with Crippen molar-refractivity contribution in [2.24, 2.45) is 0 Å². The number of H-pyrrole nitrogens is 1. The van der Waals surface area contributed by atoms with Crippen molar-refractivity contribution in [1.29, 1.82) is 0 Å². The summed E-state index contributed by atoms with van der Waals surface area (Å²) in [6.45, 7) is 8.04. The number of hydrogen-bond donors (Lipinski definition) is 1. The summed E-state index contributed by atoms with van der Waals surface area (Å²) in [6, 6.07) is 4.22. The van der Waals surface area contributed by atoms with Crippen LogP contribution in [-0.4, -0.2) is 45.5 Å². The Bertz CT molecular complexity index is 1020. The van der Waals surface area contributed by atoms with E-state index in [1.54, 1.807) is 10.9 Å². The summed E-state index contributed by atoms with van der Waals surface area (Å²) >= 11 is 3.51. The molecule has 1 aromatic carbocycles. The minimum absolute atomic E-state index is 0.155. The van der Waals surface area contributed by atoms with E-state index in [0.29, 0.717) is 36.7 Å². The van der Waals surface area contributed by atoms with Gasteiger partial charge in [0.25, 0.3) is 5.56 Å². The number of nitrogens with one attached hydrogen (secondary N) is 1. The minimum Gasteiger partial charge on any atom is -0.377 e. The van der Waals surface area contributed by atoms with E-state index in [9.17, 15) is 4.79 Å². The van der Waals surface area contributed by atoms with Gasteiger partial charge in [0.2, 0.25) is 5.95 Å². The lowest BCUT2D eigenvalue weighted by atomic mass is 10.1. The van der Waals surface area contributed by atoms with E-state index in [4.69, 9.17) is 4.74 Å². The van der Waals surface area contributed by atoms with Gasteiger partial charge in [0, 0.05) is 17.2 Å². The highest BCUT2D eigenvalue weighted by Gasteiger charge is 2.22. The van der Waals surface area contributed by atoms with Crippen LogP contribution in [0.2, 0.25) is 0 Å². The molecule has 1 aliphatic heterocycles. The lowest BCUT2D eigenvalue weighted by Gasteiger charge is -2.33. The molecule has 1 saturated heterocycles. The van der Waals surface area contributed by atoms with Crippen LogP contribution < -0.4 is 10.5 Å². The third-order valence-corrected chi connectivity index (χ3v) is 5.16. The van der Waals surface area contributed by atoms with Gasteiger partial charge in [-0.25, -0.2) is 4.68 Å². The zero-order valence-corrected chi connectivity index (χ0v) is 16.5. The Kier molecular flexibility index (Phi) is 4.32. The van der Waals surface area contributed by atoms with Crippen molar-refractivity contribution in [1.82, 2.24) is 19.7 Å². The molecule has 0 saturated carbocycles. The Balaban J connectivity index is 1.83. The number of nitrogens with zero attached hydrogens (tertiary/aromatic N) is 4. The van der Waals surface area contributed by atoms with Gasteiger partial charge in [0.05, 0.1) is 24.9 Å². The molecule has 0 amide bonds. The second kappa shape index (κ2) is 6.51. The molecular formula is C18H20BrN5O2. The highest BCUT2D eigenvalue weighted by molar-refractivity contribution is 9.10. The van der Waals surface area contributed by atoms with Gasteiger partial charge in [-0.1, -0.05) is 15.9 Å². The van der Waals surface area contributed by atoms with E-state index < -0.39 is 0 Å². The van der Waals surface area contributed by atoms with Crippen LogP contribution in [0.3, 0.4) is 0 Å². The molecule has 4 rings (SSSR count). The molecule has 0 radical (unpaired) electrons. The van der Waals surface area contributed by atoms with E-state index in [2.05, 4.69) is 42.8 Å². The number of aromatic nitrogens is 4. The molecule has 0 spiro atoms. The molecule has 0 bridgehead atoms. The lowest BCUT2D eigenvalue weighted by Crippen LogP contribution is -2.45. The fourth-order valence-corrected chi connectivity index (χ4v) is 4.15. The van der Waals surface area contributed by atoms with Gasteiger partial charge < -0.3 is 9.64 Å². The Hall–Kier alpha value is -2.19. The third-order valence-electron chi connectivity index (χ3n) is 4.70. The van der Waals surface area contributed by atoms with Gasteiger partial charge in [0.15, 0.2) is 5.65 Å². The molecule has 3 heterocycles. The second-order valence-electron chi connectivity index (χ2n) is 6.71. The van der Waals surface area contributed by atoms with Crippen molar-refractivity contribution < 1.29 is 4.74 Å². The smallest absolute Gasteiger partial charge is 0.263 e. The fraction of sp³-hybridized carbons (Fsp3) is 0.389. The Morgan fingerprint density at radius 3 is 2.73 bits per heavy atom. The van der Waals surface area contributed by atoms with E-state index in [0.717, 1.165) is 21.3 Å². The van der Waals surface area contributed by atoms with E-state index >= 15 is 0 Å². The van der Waals surface area contributed by atoms with Crippen LogP contribution in [0.15, 0.2) is 27.6 Å². The quantitative estimate of drug-likeness (QED) is 0.693. The van der Waals surface area contributed by atoms with Crippen LogP contribution in [0.5, 0.6) is 0 Å². The number of benzene rings is 1. The minimum atomic E-state index is -0.178. The lowest BCUT2D eigenvalue weighted by molar-refractivity contribution is 0.0981. The molecule has 7 nitrogen and oxygen atoms in total. The first-order chi connectivity index (χ1) is 12.4. The molecule has 2 aromatic heterocycles. The summed E-state index contributed by atoms with van der Waals surface area (Å²) < 4.78 is 8.23. The molecule has 1 atom stereocenters. The van der Waals surface area contributed by atoms with Gasteiger partial charge in [-0.3, -0.25) is 9.78 Å². The summed E-state index contributed by atoms with van der Waals surface area (Å²) in [5.41, 5.74) is 3.38. The van der Waals surface area contributed by atoms with E-state index in [-0.39, 0.29) is 11.6 Å². The summed E-state index contributed by atoms with van der Waals surface area (Å²) in [5, 5.41) is 5.07. The number of aryl methyl sites for hydroxylation is 2. The van der Waals surface area contributed by atoms with Crippen molar-refractivity contribution in [3.8, 4) is 5.69 Å². The average Bonchev–Trinajstić information content (AvgIpc) is 2.98. The maximum Gasteiger partial charge on any atom is 0.263 e. The molecular weight excluding hydrogens is 398 g/mol. The summed E-state index contributed by atoms with van der Waals surface area (Å²) in [5.74, 6) is 0.549. The molecule has 1 fully saturated rings. The molecule has 136 valence electrons. The maximum atomic E-state index is 12.6. The summed E-state index contributed by atoms with van der Waals surface area (Å²) in [4.78, 5) is 22.2. The SMILES string of the molecule is Cc1cc(Br)cc(C)c1-n1cc2c(=O)[nH]c(N3CCOCC3C)nc2n1. The van der Waals surface area contributed by atoms with Gasteiger partial charge in [-0.2, -0.15) is 4.98 Å². The number of fused-ring (bicyclic) bond motifs is 1. The zero-order valence-electron chi connectivity index (χ0n) is 14.9. The van der Waals surface area contributed by atoms with Gasteiger partial charge in [-0.15, -0.1) is 5.10 Å². The standard InChI is InChI=1S/C18H20BrN5O2/c1-10-6-13(19)7-11(2)15(10)24-8-14-16(22-24)20-18(21-17(14)25)23-4-5-26-9-12(23)3/h6-8,12H,4-5,9H2,1-3H3,(H,20,21,22,25). The maximum absolute atomic E-state index is 12.6. The molecule has 1 unspecified atom stereocenters. The Labute approximate surface area is 159 Å². The molecule has 1 N–H and O–H groups in total. The van der Waals surface area contributed by atoms with Crippen LogP contribution in [0, 0.1) is 13.8 Å². The largest absolute Gasteiger partial charge is 0.377 e. The fourth-order valence-electron chi connectivity index (χ4n) is 3.46. The molecule has 1 aliphatic rings. The van der Waals surface area contributed by atoms with Crippen molar-refractivity contribution in [3.05, 3.63) is 44.3 Å². The first-order valence-corrected chi connectivity index (χ1v) is 9.34. The van der Waals surface area contributed by atoms with Crippen LogP contribution in [-0.2, 0) is 4.74 Å². The van der Waals surface area contributed by atoms with Crippen molar-refractivity contribution in [3.63, 3.8) is 0 Å². The zero-order chi connectivity index (χ0) is 18.4. The highest BCUT2D eigenvalue weighted by Crippen LogP contribution is 2.25. The number of morpholine rings is 1. The van der Waals surface area contributed by atoms with Crippen molar-refractivity contribution >= 4 is 32.9 Å². The van der Waals surface area contributed by atoms with E-state index in [1.807, 2.05) is 26.0 Å². The monoisotopic (exact) mass is 417 g/mol. The van der Waals surface area contributed by atoms with Crippen LogP contribution in [0.25, 0.3) is 16.7 Å². The normalized spacial score (nSPS) is 17.8. The van der Waals surface area contributed by atoms with E-state index in [1.165, 1.54) is 0 Å². The number of anilines is 1.